The van der Waals surface area contributed by atoms with Crippen LogP contribution in [0.15, 0.2) is 11.4 Å². The molecule has 2 atom stereocenters. The fourth-order valence-corrected chi connectivity index (χ4v) is 4.27. The van der Waals surface area contributed by atoms with Crippen LogP contribution in [0.1, 0.15) is 36.2 Å². The van der Waals surface area contributed by atoms with Gasteiger partial charge in [-0.2, -0.15) is 0 Å². The molecule has 1 aromatic heterocycles. The van der Waals surface area contributed by atoms with Crippen molar-refractivity contribution in [2.45, 2.75) is 32.2 Å². The largest absolute Gasteiger partial charge is 0.380 e. The summed E-state index contributed by atoms with van der Waals surface area (Å²) in [6.07, 6.45) is 4.23. The predicted octanol–water partition coefficient (Wildman–Crippen LogP) is 2.66. The van der Waals surface area contributed by atoms with Crippen LogP contribution < -0.4 is 0 Å². The van der Waals surface area contributed by atoms with Crippen molar-refractivity contribution < 1.29 is 9.53 Å². The fourth-order valence-electron chi connectivity index (χ4n) is 3.31. The molecule has 19 heavy (non-hydrogen) atoms. The number of aldehydes is 1. The number of rotatable bonds is 3. The van der Waals surface area contributed by atoms with E-state index in [0.29, 0.717) is 12.6 Å². The average molecular weight is 279 g/mol. The molecule has 1 aromatic rings. The van der Waals surface area contributed by atoms with E-state index in [0.717, 1.165) is 45.2 Å². The van der Waals surface area contributed by atoms with Gasteiger partial charge in [-0.05, 0) is 43.2 Å². The standard InChI is InChI=1S/C15H21NO2S/c1-12-13-4-8-19-14(13)3-6-16(12)9-15(10-17)5-2-7-18-11-15/h4,8,10,12H,2-3,5-7,9,11H2,1H3. The summed E-state index contributed by atoms with van der Waals surface area (Å²) in [4.78, 5) is 15.5. The number of ether oxygens (including phenoxy) is 1. The molecule has 3 heterocycles. The van der Waals surface area contributed by atoms with Gasteiger partial charge in [0.2, 0.25) is 0 Å². The molecule has 2 aliphatic heterocycles. The van der Waals surface area contributed by atoms with Gasteiger partial charge in [0.25, 0.3) is 0 Å². The molecule has 1 saturated heterocycles. The van der Waals surface area contributed by atoms with Crippen LogP contribution in [0.3, 0.4) is 0 Å². The molecule has 0 radical (unpaired) electrons. The van der Waals surface area contributed by atoms with Crippen LogP contribution in [0.25, 0.3) is 0 Å². The number of thiophene rings is 1. The Labute approximate surface area is 118 Å². The number of fused-ring (bicyclic) bond motifs is 1. The van der Waals surface area contributed by atoms with Crippen molar-refractivity contribution in [3.05, 3.63) is 21.9 Å². The Balaban J connectivity index is 1.75. The first-order valence-corrected chi connectivity index (χ1v) is 7.96. The highest BCUT2D eigenvalue weighted by Crippen LogP contribution is 2.36. The summed E-state index contributed by atoms with van der Waals surface area (Å²) in [5, 5.41) is 2.18. The molecule has 0 amide bonds. The molecule has 2 aliphatic rings. The van der Waals surface area contributed by atoms with Gasteiger partial charge in [-0.15, -0.1) is 11.3 Å². The zero-order chi connectivity index (χ0) is 13.3. The maximum Gasteiger partial charge on any atom is 0.129 e. The Bertz CT molecular complexity index is 451. The topological polar surface area (TPSA) is 29.5 Å². The van der Waals surface area contributed by atoms with Crippen molar-refractivity contribution in [3.8, 4) is 0 Å². The third-order valence-corrected chi connectivity index (χ3v) is 5.52. The number of carbonyl (C=O) groups is 1. The minimum atomic E-state index is -0.278. The first-order chi connectivity index (χ1) is 9.24. The quantitative estimate of drug-likeness (QED) is 0.797. The second kappa shape index (κ2) is 5.35. The van der Waals surface area contributed by atoms with Gasteiger partial charge in [-0.25, -0.2) is 0 Å². The van der Waals surface area contributed by atoms with E-state index in [1.807, 2.05) is 11.3 Å². The lowest BCUT2D eigenvalue weighted by Crippen LogP contribution is -2.46. The van der Waals surface area contributed by atoms with Crippen molar-refractivity contribution >= 4 is 17.6 Å². The van der Waals surface area contributed by atoms with Crippen LogP contribution >= 0.6 is 11.3 Å². The second-order valence-corrected chi connectivity index (χ2v) is 6.83. The van der Waals surface area contributed by atoms with E-state index in [9.17, 15) is 4.79 Å². The van der Waals surface area contributed by atoms with Gasteiger partial charge in [0.1, 0.15) is 6.29 Å². The number of nitrogens with zero attached hydrogens (tertiary/aromatic N) is 1. The fraction of sp³-hybridized carbons (Fsp3) is 0.667. The lowest BCUT2D eigenvalue weighted by Gasteiger charge is -2.41. The lowest BCUT2D eigenvalue weighted by atomic mass is 9.82. The van der Waals surface area contributed by atoms with Crippen LogP contribution in [0.4, 0.5) is 0 Å². The molecule has 3 rings (SSSR count). The first-order valence-electron chi connectivity index (χ1n) is 7.08. The zero-order valence-corrected chi connectivity index (χ0v) is 12.2. The molecule has 4 heteroatoms. The molecule has 104 valence electrons. The van der Waals surface area contributed by atoms with Gasteiger partial charge in [-0.3, -0.25) is 4.90 Å². The van der Waals surface area contributed by atoms with Gasteiger partial charge in [0, 0.05) is 30.6 Å². The van der Waals surface area contributed by atoms with Crippen LogP contribution in [-0.2, 0) is 16.0 Å². The first kappa shape index (κ1) is 13.3. The predicted molar refractivity (Wildman–Crippen MR) is 76.6 cm³/mol. The van der Waals surface area contributed by atoms with E-state index in [1.54, 1.807) is 0 Å². The Hall–Kier alpha value is -0.710. The zero-order valence-electron chi connectivity index (χ0n) is 11.4. The molecule has 0 saturated carbocycles. The normalized spacial score (nSPS) is 31.9. The number of hydrogen-bond acceptors (Lipinski definition) is 4. The van der Waals surface area contributed by atoms with Gasteiger partial charge in [0.05, 0.1) is 12.0 Å². The minimum Gasteiger partial charge on any atom is -0.380 e. The summed E-state index contributed by atoms with van der Waals surface area (Å²) >= 11 is 1.86. The van der Waals surface area contributed by atoms with E-state index < -0.39 is 0 Å². The molecule has 0 bridgehead atoms. The van der Waals surface area contributed by atoms with E-state index in [2.05, 4.69) is 23.3 Å². The van der Waals surface area contributed by atoms with Gasteiger partial charge >= 0.3 is 0 Å². The Morgan fingerprint density at radius 1 is 1.63 bits per heavy atom. The van der Waals surface area contributed by atoms with E-state index in [1.165, 1.54) is 10.4 Å². The highest BCUT2D eigenvalue weighted by molar-refractivity contribution is 7.10. The summed E-state index contributed by atoms with van der Waals surface area (Å²) in [5.74, 6) is 0. The van der Waals surface area contributed by atoms with Crippen LogP contribution in [0.5, 0.6) is 0 Å². The molecule has 0 aliphatic carbocycles. The van der Waals surface area contributed by atoms with Crippen LogP contribution in [0.2, 0.25) is 0 Å². The molecule has 1 fully saturated rings. The van der Waals surface area contributed by atoms with E-state index in [-0.39, 0.29) is 5.41 Å². The Morgan fingerprint density at radius 2 is 2.53 bits per heavy atom. The summed E-state index contributed by atoms with van der Waals surface area (Å²) in [7, 11) is 0. The van der Waals surface area contributed by atoms with Crippen molar-refractivity contribution in [2.75, 3.05) is 26.3 Å². The highest BCUT2D eigenvalue weighted by atomic mass is 32.1. The van der Waals surface area contributed by atoms with E-state index in [4.69, 9.17) is 4.74 Å². The Kier molecular flexibility index (Phi) is 3.74. The molecule has 2 unspecified atom stereocenters. The molecule has 3 nitrogen and oxygen atoms in total. The molecular weight excluding hydrogens is 258 g/mol. The highest BCUT2D eigenvalue weighted by Gasteiger charge is 2.37. The number of carbonyl (C=O) groups excluding carboxylic acids is 1. The molecular formula is C15H21NO2S. The lowest BCUT2D eigenvalue weighted by molar-refractivity contribution is -0.126. The Morgan fingerprint density at radius 3 is 3.26 bits per heavy atom. The summed E-state index contributed by atoms with van der Waals surface area (Å²) in [6.45, 7) is 5.56. The van der Waals surface area contributed by atoms with Crippen molar-refractivity contribution in [1.29, 1.82) is 0 Å². The smallest absolute Gasteiger partial charge is 0.129 e. The van der Waals surface area contributed by atoms with Gasteiger partial charge in [0.15, 0.2) is 0 Å². The molecule has 0 aromatic carbocycles. The summed E-state index contributed by atoms with van der Waals surface area (Å²) in [6, 6.07) is 2.66. The minimum absolute atomic E-state index is 0.278. The summed E-state index contributed by atoms with van der Waals surface area (Å²) in [5.41, 5.74) is 1.18. The van der Waals surface area contributed by atoms with Gasteiger partial charge < -0.3 is 9.53 Å². The number of hydrogen-bond donors (Lipinski definition) is 0. The molecule has 0 spiro atoms. The molecule has 0 N–H and O–H groups in total. The van der Waals surface area contributed by atoms with Crippen molar-refractivity contribution in [2.24, 2.45) is 5.41 Å². The van der Waals surface area contributed by atoms with Crippen LogP contribution in [-0.4, -0.2) is 37.5 Å². The third-order valence-electron chi connectivity index (χ3n) is 4.52. The summed E-state index contributed by atoms with van der Waals surface area (Å²) < 4.78 is 5.55. The average Bonchev–Trinajstić information content (AvgIpc) is 2.92. The monoisotopic (exact) mass is 279 g/mol. The maximum atomic E-state index is 11.6. The van der Waals surface area contributed by atoms with Crippen molar-refractivity contribution in [1.82, 2.24) is 4.90 Å². The third kappa shape index (κ3) is 2.49. The SMILES string of the molecule is CC1c2ccsc2CCN1CC1(C=O)CCCOC1. The second-order valence-electron chi connectivity index (χ2n) is 5.83. The van der Waals surface area contributed by atoms with E-state index >= 15 is 0 Å². The van der Waals surface area contributed by atoms with Crippen LogP contribution in [0, 0.1) is 5.41 Å². The maximum absolute atomic E-state index is 11.6. The van der Waals surface area contributed by atoms with Gasteiger partial charge in [-0.1, -0.05) is 0 Å². The van der Waals surface area contributed by atoms with Crippen molar-refractivity contribution in [3.63, 3.8) is 0 Å².